The minimum atomic E-state index is -1.58. The summed E-state index contributed by atoms with van der Waals surface area (Å²) in [5.74, 6) is 2.33. The summed E-state index contributed by atoms with van der Waals surface area (Å²) in [6, 6.07) is 5.54. The van der Waals surface area contributed by atoms with Gasteiger partial charge in [0, 0.05) is 6.07 Å². The molecule has 3 rings (SSSR count). The molecule has 0 amide bonds. The topological polar surface area (TPSA) is 64.2 Å². The van der Waals surface area contributed by atoms with Crippen LogP contribution in [-0.4, -0.2) is 27.4 Å². The molecule has 0 radical (unpaired) electrons. The number of aromatic amines is 1. The third kappa shape index (κ3) is 3.64. The fraction of sp³-hybridized carbons (Fsp3) is 0.611. The minimum absolute atomic E-state index is 0.0253. The first kappa shape index (κ1) is 17.4. The molecule has 2 unspecified atom stereocenters. The fourth-order valence-electron chi connectivity index (χ4n) is 3.55. The van der Waals surface area contributed by atoms with Gasteiger partial charge in [0.05, 0.1) is 24.2 Å². The average molecular weight is 350 g/mol. The highest BCUT2D eigenvalue weighted by atomic mass is 32.2. The smallest absolute Gasteiger partial charge is 0.226 e. The molecule has 0 saturated heterocycles. The van der Waals surface area contributed by atoms with Crippen molar-refractivity contribution in [3.8, 4) is 5.75 Å². The normalized spacial score (nSPS) is 26.0. The molecule has 1 saturated carbocycles. The number of imidazole rings is 1. The summed E-state index contributed by atoms with van der Waals surface area (Å²) >= 11 is -1.58. The molecule has 0 aliphatic heterocycles. The molecule has 1 aromatic carbocycles. The zero-order valence-corrected chi connectivity index (χ0v) is 15.6. The van der Waals surface area contributed by atoms with Gasteiger partial charge in [-0.1, -0.05) is 27.2 Å². The zero-order valence-electron chi connectivity index (χ0n) is 14.7. The van der Waals surface area contributed by atoms with Gasteiger partial charge in [-0.25, -0.2) is 9.19 Å². The Balaban J connectivity index is 1.78. The summed E-state index contributed by atoms with van der Waals surface area (Å²) in [4.78, 5) is 7.50. The van der Waals surface area contributed by atoms with E-state index in [2.05, 4.69) is 30.7 Å². The monoisotopic (exact) mass is 350 g/mol. The number of aromatic nitrogens is 2. The molecule has 5 nitrogen and oxygen atoms in total. The molecule has 1 aromatic heterocycles. The summed E-state index contributed by atoms with van der Waals surface area (Å²) in [5, 5.41) is 0.374. The van der Waals surface area contributed by atoms with Crippen molar-refractivity contribution < 1.29 is 13.1 Å². The maximum atomic E-state index is 12.7. The van der Waals surface area contributed by atoms with Crippen molar-refractivity contribution in [2.45, 2.75) is 51.3 Å². The SMILES string of the molecule is COc1ccc2nc([S@](=O)O[C@H]3CC(C)CCC3C(C)C)[nH]c2c1. The Morgan fingerprint density at radius 2 is 2.12 bits per heavy atom. The molecule has 132 valence electrons. The first-order valence-corrected chi connectivity index (χ1v) is 9.68. The van der Waals surface area contributed by atoms with Crippen LogP contribution in [0.15, 0.2) is 23.4 Å². The second-order valence-electron chi connectivity index (χ2n) is 7.12. The number of nitrogens with zero attached hydrogens (tertiary/aromatic N) is 1. The van der Waals surface area contributed by atoms with Gasteiger partial charge >= 0.3 is 0 Å². The predicted molar refractivity (Wildman–Crippen MR) is 95.3 cm³/mol. The number of hydrogen-bond donors (Lipinski definition) is 1. The average Bonchev–Trinajstić information content (AvgIpc) is 2.97. The Morgan fingerprint density at radius 3 is 2.83 bits per heavy atom. The van der Waals surface area contributed by atoms with Crippen LogP contribution in [0.5, 0.6) is 5.75 Å². The van der Waals surface area contributed by atoms with E-state index in [4.69, 9.17) is 8.92 Å². The largest absolute Gasteiger partial charge is 0.497 e. The van der Waals surface area contributed by atoms with Gasteiger partial charge in [-0.2, -0.15) is 0 Å². The molecule has 4 atom stereocenters. The van der Waals surface area contributed by atoms with E-state index in [0.29, 0.717) is 22.9 Å². The van der Waals surface area contributed by atoms with Gasteiger partial charge < -0.3 is 9.72 Å². The van der Waals surface area contributed by atoms with Gasteiger partial charge in [0.2, 0.25) is 16.2 Å². The standard InChI is InChI=1S/C18H26N2O3S/c1-11(2)14-7-5-12(3)9-17(14)23-24(21)18-19-15-8-6-13(22-4)10-16(15)20-18/h6,8,10-12,14,17H,5,7,9H2,1-4H3,(H,19,20)/t12?,14?,17-,24+/m0/s1. The lowest BCUT2D eigenvalue weighted by atomic mass is 9.75. The highest BCUT2D eigenvalue weighted by Crippen LogP contribution is 2.36. The number of benzene rings is 1. The van der Waals surface area contributed by atoms with Crippen LogP contribution in [0.1, 0.15) is 40.0 Å². The van der Waals surface area contributed by atoms with E-state index in [1.54, 1.807) is 7.11 Å². The van der Waals surface area contributed by atoms with E-state index >= 15 is 0 Å². The maximum Gasteiger partial charge on any atom is 0.226 e. The van der Waals surface area contributed by atoms with Crippen LogP contribution in [0.25, 0.3) is 11.0 Å². The zero-order chi connectivity index (χ0) is 17.3. The summed E-state index contributed by atoms with van der Waals surface area (Å²) < 4.78 is 23.8. The molecule has 1 heterocycles. The van der Waals surface area contributed by atoms with Crippen molar-refractivity contribution in [2.24, 2.45) is 17.8 Å². The van der Waals surface area contributed by atoms with Crippen molar-refractivity contribution in [2.75, 3.05) is 7.11 Å². The predicted octanol–water partition coefficient (Wildman–Crippen LogP) is 4.07. The third-order valence-electron chi connectivity index (χ3n) is 5.00. The van der Waals surface area contributed by atoms with Crippen LogP contribution in [-0.2, 0) is 15.3 Å². The molecule has 6 heteroatoms. The number of fused-ring (bicyclic) bond motifs is 1. The van der Waals surface area contributed by atoms with Crippen molar-refractivity contribution in [3.05, 3.63) is 18.2 Å². The lowest BCUT2D eigenvalue weighted by Gasteiger charge is -2.36. The van der Waals surface area contributed by atoms with Gasteiger partial charge in [0.25, 0.3) is 0 Å². The molecule has 0 bridgehead atoms. The van der Waals surface area contributed by atoms with Crippen LogP contribution in [0, 0.1) is 17.8 Å². The molecule has 1 aliphatic carbocycles. The summed E-state index contributed by atoms with van der Waals surface area (Å²) in [6.45, 7) is 6.67. The van der Waals surface area contributed by atoms with E-state index in [9.17, 15) is 4.21 Å². The number of nitrogens with one attached hydrogen (secondary N) is 1. The molecular formula is C18H26N2O3S. The van der Waals surface area contributed by atoms with Crippen molar-refractivity contribution >= 4 is 22.1 Å². The highest BCUT2D eigenvalue weighted by Gasteiger charge is 2.33. The maximum absolute atomic E-state index is 12.7. The van der Waals surface area contributed by atoms with Gasteiger partial charge in [-0.3, -0.25) is 4.18 Å². The molecule has 1 fully saturated rings. The summed E-state index contributed by atoms with van der Waals surface area (Å²) in [5.41, 5.74) is 1.57. The molecule has 24 heavy (non-hydrogen) atoms. The quantitative estimate of drug-likeness (QED) is 0.883. The van der Waals surface area contributed by atoms with Gasteiger partial charge in [-0.15, -0.1) is 0 Å². The van der Waals surface area contributed by atoms with Crippen LogP contribution >= 0.6 is 0 Å². The van der Waals surface area contributed by atoms with Crippen molar-refractivity contribution in [1.29, 1.82) is 0 Å². The van der Waals surface area contributed by atoms with E-state index in [0.717, 1.165) is 29.6 Å². The number of rotatable bonds is 5. The molecule has 2 aromatic rings. The number of hydrogen-bond acceptors (Lipinski definition) is 4. The van der Waals surface area contributed by atoms with Crippen molar-refractivity contribution in [3.63, 3.8) is 0 Å². The van der Waals surface area contributed by atoms with Gasteiger partial charge in [-0.05, 0) is 42.7 Å². The highest BCUT2D eigenvalue weighted by molar-refractivity contribution is 7.80. The van der Waals surface area contributed by atoms with Crippen LogP contribution < -0.4 is 4.74 Å². The minimum Gasteiger partial charge on any atom is -0.497 e. The number of ether oxygens (including phenoxy) is 1. The second-order valence-corrected chi connectivity index (χ2v) is 8.17. The lowest BCUT2D eigenvalue weighted by Crippen LogP contribution is -2.34. The molecule has 1 aliphatic rings. The van der Waals surface area contributed by atoms with E-state index in [-0.39, 0.29) is 6.10 Å². The van der Waals surface area contributed by atoms with Crippen LogP contribution in [0.4, 0.5) is 0 Å². The van der Waals surface area contributed by atoms with Crippen LogP contribution in [0.3, 0.4) is 0 Å². The van der Waals surface area contributed by atoms with Gasteiger partial charge in [0.15, 0.2) is 0 Å². The Labute approximate surface area is 145 Å². The summed E-state index contributed by atoms with van der Waals surface area (Å²) in [6.07, 6.45) is 3.35. The Kier molecular flexibility index (Phi) is 5.25. The number of H-pyrrole nitrogens is 1. The second kappa shape index (κ2) is 7.23. The summed E-state index contributed by atoms with van der Waals surface area (Å²) in [7, 11) is 1.62. The molecule has 1 N–H and O–H groups in total. The van der Waals surface area contributed by atoms with Gasteiger partial charge in [0.1, 0.15) is 5.75 Å². The first-order chi connectivity index (χ1) is 11.5. The Morgan fingerprint density at radius 1 is 1.33 bits per heavy atom. The Bertz CT molecular complexity index is 728. The fourth-order valence-corrected chi connectivity index (χ4v) is 4.46. The van der Waals surface area contributed by atoms with Crippen LogP contribution in [0.2, 0.25) is 0 Å². The third-order valence-corrected chi connectivity index (χ3v) is 5.93. The van der Waals surface area contributed by atoms with E-state index in [1.165, 1.54) is 6.42 Å². The molecule has 0 spiro atoms. The Hall–Kier alpha value is -1.40. The molecular weight excluding hydrogens is 324 g/mol. The van der Waals surface area contributed by atoms with E-state index in [1.807, 2.05) is 18.2 Å². The van der Waals surface area contributed by atoms with Crippen molar-refractivity contribution in [1.82, 2.24) is 9.97 Å². The van der Waals surface area contributed by atoms with E-state index < -0.39 is 11.1 Å². The lowest BCUT2D eigenvalue weighted by molar-refractivity contribution is 0.0563. The first-order valence-electron chi connectivity index (χ1n) is 8.60. The number of methoxy groups -OCH3 is 1.